The minimum atomic E-state index is -0.351. The van der Waals surface area contributed by atoms with Gasteiger partial charge in [0.2, 0.25) is 0 Å². The number of benzene rings is 4. The van der Waals surface area contributed by atoms with Crippen molar-refractivity contribution in [3.63, 3.8) is 0 Å². The molecule has 0 aliphatic heterocycles. The third-order valence-corrected chi connectivity index (χ3v) is 8.73. The van der Waals surface area contributed by atoms with Gasteiger partial charge in [-0.05, 0) is 91.7 Å². The maximum absolute atomic E-state index is 13.0. The summed E-state index contributed by atoms with van der Waals surface area (Å²) in [6, 6.07) is 37.9. The zero-order chi connectivity index (χ0) is 32.5. The molecule has 1 aliphatic rings. The number of carbonyl (C=O) groups is 1. The van der Waals surface area contributed by atoms with Gasteiger partial charge in [0.05, 0.1) is 0 Å². The summed E-state index contributed by atoms with van der Waals surface area (Å²) in [4.78, 5) is 19.1. The first-order valence-electron chi connectivity index (χ1n) is 16.3. The van der Waals surface area contributed by atoms with E-state index >= 15 is 0 Å². The zero-order valence-corrected chi connectivity index (χ0v) is 27.9. The summed E-state index contributed by atoms with van der Waals surface area (Å²) in [5.74, 6) is 1.96. The number of allylic oxidation sites excluding steroid dienone is 1. The highest BCUT2D eigenvalue weighted by Crippen LogP contribution is 2.44. The van der Waals surface area contributed by atoms with E-state index in [1.807, 2.05) is 56.6 Å². The van der Waals surface area contributed by atoms with E-state index in [0.717, 1.165) is 48.4 Å². The lowest BCUT2D eigenvalue weighted by Gasteiger charge is -2.22. The van der Waals surface area contributed by atoms with Crippen LogP contribution in [0, 0.1) is 0 Å². The fourth-order valence-corrected chi connectivity index (χ4v) is 5.90. The summed E-state index contributed by atoms with van der Waals surface area (Å²) in [5, 5.41) is 0. The van der Waals surface area contributed by atoms with Gasteiger partial charge in [-0.2, -0.15) is 0 Å². The van der Waals surface area contributed by atoms with Crippen molar-refractivity contribution in [1.82, 2.24) is 14.7 Å². The second kappa shape index (κ2) is 15.7. The summed E-state index contributed by atoms with van der Waals surface area (Å²) in [5.41, 5.74) is 7.16. The number of nitrogens with zero attached hydrogens (tertiary/aromatic N) is 3. The Hall–Kier alpha value is -4.39. The van der Waals surface area contributed by atoms with E-state index in [4.69, 9.17) is 9.47 Å². The first kappa shape index (κ1) is 33.0. The van der Waals surface area contributed by atoms with Crippen LogP contribution in [0.2, 0.25) is 0 Å². The average Bonchev–Trinajstić information content (AvgIpc) is 3.89. The third kappa shape index (κ3) is 8.65. The number of likely N-dealkylation sites (N-methyl/N-ethyl adjacent to an activating group) is 3. The molecule has 0 saturated heterocycles. The topological polar surface area (TPSA) is 45.3 Å². The highest BCUT2D eigenvalue weighted by Gasteiger charge is 2.41. The van der Waals surface area contributed by atoms with Gasteiger partial charge < -0.3 is 24.2 Å². The molecule has 5 rings (SSSR count). The number of rotatable bonds is 14. The Labute approximate surface area is 274 Å². The fraction of sp³-hybridized carbons (Fsp3) is 0.325. The van der Waals surface area contributed by atoms with E-state index in [2.05, 4.69) is 90.5 Å². The van der Waals surface area contributed by atoms with E-state index < -0.39 is 0 Å². The van der Waals surface area contributed by atoms with E-state index in [1.54, 1.807) is 11.9 Å². The van der Waals surface area contributed by atoms with Crippen LogP contribution in [-0.4, -0.2) is 81.3 Å². The molecule has 1 amide bonds. The molecule has 1 aliphatic carbocycles. The van der Waals surface area contributed by atoms with Gasteiger partial charge in [0.25, 0.3) is 0 Å². The lowest BCUT2D eigenvalue weighted by molar-refractivity contribution is 0.156. The number of amides is 1. The van der Waals surface area contributed by atoms with Crippen molar-refractivity contribution in [2.45, 2.75) is 31.7 Å². The Balaban J connectivity index is 1.25. The summed E-state index contributed by atoms with van der Waals surface area (Å²) in [6.45, 7) is 5.09. The summed E-state index contributed by atoms with van der Waals surface area (Å²) < 4.78 is 11.7. The summed E-state index contributed by atoms with van der Waals surface area (Å²) in [7, 11) is 8.02. The monoisotopic (exact) mass is 617 g/mol. The molecule has 0 N–H and O–H groups in total. The van der Waals surface area contributed by atoms with Crippen LogP contribution in [-0.2, 0) is 0 Å². The molecular weight excluding hydrogens is 570 g/mol. The van der Waals surface area contributed by atoms with Crippen molar-refractivity contribution in [2.24, 2.45) is 0 Å². The standard InChI is InChI=1S/C40H47N3O3/c1-6-36(30-13-9-7-10-14-30)39(32-17-21-34(22-18-32)45-28-27-41(2)3)33-19-23-35(24-20-33)46-40(44)43(5)26-25-42(4)38-29-37(38)31-15-11-8-12-16-31/h7-24,37-38H,6,25-29H2,1-5H3/b39-36+/t37-,38+/m0/s1. The Kier molecular flexibility index (Phi) is 11.3. The van der Waals surface area contributed by atoms with Crippen molar-refractivity contribution < 1.29 is 14.3 Å². The van der Waals surface area contributed by atoms with Crippen LogP contribution in [0.1, 0.15) is 47.9 Å². The smallest absolute Gasteiger partial charge is 0.415 e. The fourth-order valence-electron chi connectivity index (χ4n) is 5.90. The molecule has 0 aromatic heterocycles. The lowest BCUT2D eigenvalue weighted by atomic mass is 9.88. The maximum Gasteiger partial charge on any atom is 0.415 e. The highest BCUT2D eigenvalue weighted by molar-refractivity contribution is 5.98. The lowest BCUT2D eigenvalue weighted by Crippen LogP contribution is -2.37. The van der Waals surface area contributed by atoms with Crippen molar-refractivity contribution >= 4 is 17.2 Å². The van der Waals surface area contributed by atoms with Crippen LogP contribution in [0.25, 0.3) is 11.1 Å². The second-order valence-electron chi connectivity index (χ2n) is 12.4. The Morgan fingerprint density at radius 3 is 1.87 bits per heavy atom. The number of ether oxygens (including phenoxy) is 2. The van der Waals surface area contributed by atoms with Gasteiger partial charge in [0.15, 0.2) is 0 Å². The minimum Gasteiger partial charge on any atom is -0.492 e. The summed E-state index contributed by atoms with van der Waals surface area (Å²) in [6.07, 6.45) is 1.68. The van der Waals surface area contributed by atoms with Crippen LogP contribution in [0.15, 0.2) is 109 Å². The summed E-state index contributed by atoms with van der Waals surface area (Å²) >= 11 is 0. The van der Waals surface area contributed by atoms with Crippen molar-refractivity contribution in [3.05, 3.63) is 131 Å². The van der Waals surface area contributed by atoms with Crippen LogP contribution in [0.4, 0.5) is 4.79 Å². The van der Waals surface area contributed by atoms with Crippen molar-refractivity contribution in [1.29, 1.82) is 0 Å². The Morgan fingerprint density at radius 1 is 0.696 bits per heavy atom. The molecule has 4 aromatic rings. The molecular formula is C40H47N3O3. The largest absolute Gasteiger partial charge is 0.492 e. The van der Waals surface area contributed by atoms with Gasteiger partial charge in [-0.25, -0.2) is 4.79 Å². The predicted octanol–water partition coefficient (Wildman–Crippen LogP) is 7.91. The average molecular weight is 618 g/mol. The van der Waals surface area contributed by atoms with E-state index in [9.17, 15) is 4.79 Å². The molecule has 0 spiro atoms. The van der Waals surface area contributed by atoms with Crippen LogP contribution in [0.5, 0.6) is 11.5 Å². The SMILES string of the molecule is CC/C(=C(/c1ccc(OCCN(C)C)cc1)c1ccc(OC(=O)N(C)CCN(C)[C@@H]2C[C@H]2c2ccccc2)cc1)c1ccccc1. The van der Waals surface area contributed by atoms with Crippen molar-refractivity contribution in [3.8, 4) is 11.5 Å². The Morgan fingerprint density at radius 2 is 1.28 bits per heavy atom. The van der Waals surface area contributed by atoms with Crippen LogP contribution in [0.3, 0.4) is 0 Å². The maximum atomic E-state index is 13.0. The molecule has 240 valence electrons. The van der Waals surface area contributed by atoms with Gasteiger partial charge in [-0.1, -0.05) is 91.9 Å². The molecule has 46 heavy (non-hydrogen) atoms. The van der Waals surface area contributed by atoms with Gasteiger partial charge >= 0.3 is 6.09 Å². The van der Waals surface area contributed by atoms with Crippen LogP contribution < -0.4 is 9.47 Å². The second-order valence-corrected chi connectivity index (χ2v) is 12.4. The van der Waals surface area contributed by atoms with Gasteiger partial charge in [-0.3, -0.25) is 0 Å². The van der Waals surface area contributed by atoms with Crippen molar-refractivity contribution in [2.75, 3.05) is 54.4 Å². The first-order valence-corrected chi connectivity index (χ1v) is 16.3. The molecule has 0 unspecified atom stereocenters. The number of carbonyl (C=O) groups excluding carboxylic acids is 1. The van der Waals surface area contributed by atoms with Gasteiger partial charge in [-0.15, -0.1) is 0 Å². The Bertz CT molecular complexity index is 1570. The molecule has 0 bridgehead atoms. The molecule has 1 fully saturated rings. The molecule has 0 heterocycles. The third-order valence-electron chi connectivity index (χ3n) is 8.73. The molecule has 2 atom stereocenters. The zero-order valence-electron chi connectivity index (χ0n) is 27.9. The van der Waals surface area contributed by atoms with Gasteiger partial charge in [0, 0.05) is 38.6 Å². The van der Waals surface area contributed by atoms with Crippen LogP contribution >= 0.6 is 0 Å². The number of hydrogen-bond acceptors (Lipinski definition) is 5. The molecule has 1 saturated carbocycles. The molecule has 6 nitrogen and oxygen atoms in total. The van der Waals surface area contributed by atoms with E-state index in [-0.39, 0.29) is 6.09 Å². The quantitative estimate of drug-likeness (QED) is 0.135. The minimum absolute atomic E-state index is 0.351. The molecule has 6 heteroatoms. The normalized spacial score (nSPS) is 16.2. The highest BCUT2D eigenvalue weighted by atomic mass is 16.6. The predicted molar refractivity (Wildman–Crippen MR) is 188 cm³/mol. The molecule has 0 radical (unpaired) electrons. The van der Waals surface area contributed by atoms with Gasteiger partial charge in [0.1, 0.15) is 18.1 Å². The van der Waals surface area contributed by atoms with E-state index in [1.165, 1.54) is 16.7 Å². The molecule has 4 aromatic carbocycles. The number of hydrogen-bond donors (Lipinski definition) is 0. The van der Waals surface area contributed by atoms with E-state index in [0.29, 0.717) is 30.9 Å². The first-order chi connectivity index (χ1) is 22.3.